The Kier molecular flexibility index (Phi) is 6.13. The zero-order valence-corrected chi connectivity index (χ0v) is 16.6. The first kappa shape index (κ1) is 19.4. The standard InChI is InChI=1S/C19H24ClN5O2/c1-4-14-18(20)23-19(15(12-26)22-14)21-13-5-6-16(17(11-13)27-3)25-9-7-24(2)8-10-25/h5-6,11-12H,4,7-10H2,1-3H3,(H,21,23). The van der Waals surface area contributed by atoms with E-state index in [2.05, 4.69) is 32.1 Å². The van der Waals surface area contributed by atoms with Crippen LogP contribution in [0.1, 0.15) is 23.1 Å². The van der Waals surface area contributed by atoms with Crippen molar-refractivity contribution in [2.75, 3.05) is 50.6 Å². The molecule has 0 unspecified atom stereocenters. The molecule has 0 spiro atoms. The second-order valence-electron chi connectivity index (χ2n) is 6.47. The normalized spacial score (nSPS) is 14.9. The molecule has 1 aromatic carbocycles. The van der Waals surface area contributed by atoms with Gasteiger partial charge in [0.05, 0.1) is 18.5 Å². The first-order valence-corrected chi connectivity index (χ1v) is 9.33. The van der Waals surface area contributed by atoms with Crippen LogP contribution in [0, 0.1) is 0 Å². The van der Waals surface area contributed by atoms with E-state index >= 15 is 0 Å². The fourth-order valence-corrected chi connectivity index (χ4v) is 3.32. The Hall–Kier alpha value is -2.38. The maximum Gasteiger partial charge on any atom is 0.172 e. The lowest BCUT2D eigenvalue weighted by molar-refractivity contribution is 0.111. The number of nitrogens with zero attached hydrogens (tertiary/aromatic N) is 4. The third-order valence-corrected chi connectivity index (χ3v) is 4.98. The van der Waals surface area contributed by atoms with E-state index in [1.165, 1.54) is 0 Å². The molecule has 2 heterocycles. The lowest BCUT2D eigenvalue weighted by atomic mass is 10.2. The van der Waals surface area contributed by atoms with Crippen LogP contribution in [0.4, 0.5) is 17.2 Å². The lowest BCUT2D eigenvalue weighted by Crippen LogP contribution is -2.44. The number of methoxy groups -OCH3 is 1. The number of piperazine rings is 1. The summed E-state index contributed by atoms with van der Waals surface area (Å²) >= 11 is 6.16. The van der Waals surface area contributed by atoms with E-state index < -0.39 is 0 Å². The van der Waals surface area contributed by atoms with Crippen molar-refractivity contribution >= 4 is 35.1 Å². The zero-order chi connectivity index (χ0) is 19.4. The van der Waals surface area contributed by atoms with Crippen molar-refractivity contribution in [1.82, 2.24) is 14.9 Å². The summed E-state index contributed by atoms with van der Waals surface area (Å²) in [6.07, 6.45) is 1.29. The number of hydrogen-bond acceptors (Lipinski definition) is 7. The molecule has 1 saturated heterocycles. The molecule has 2 aromatic rings. The van der Waals surface area contributed by atoms with Crippen molar-refractivity contribution in [3.8, 4) is 5.75 Å². The SMILES string of the molecule is CCc1nc(C=O)c(Nc2ccc(N3CCN(C)CC3)c(OC)c2)nc1Cl. The van der Waals surface area contributed by atoms with Gasteiger partial charge >= 0.3 is 0 Å². The summed E-state index contributed by atoms with van der Waals surface area (Å²) in [5.41, 5.74) is 2.64. The maximum atomic E-state index is 11.4. The van der Waals surface area contributed by atoms with Gasteiger partial charge in [-0.2, -0.15) is 0 Å². The van der Waals surface area contributed by atoms with Crippen LogP contribution < -0.4 is 15.0 Å². The van der Waals surface area contributed by atoms with E-state index in [9.17, 15) is 4.79 Å². The van der Waals surface area contributed by atoms with E-state index in [1.807, 2.05) is 25.1 Å². The molecule has 0 radical (unpaired) electrons. The Bertz CT molecular complexity index is 822. The first-order valence-electron chi connectivity index (χ1n) is 8.95. The van der Waals surface area contributed by atoms with Gasteiger partial charge in [0.15, 0.2) is 17.3 Å². The Balaban J connectivity index is 1.86. The molecule has 1 aliphatic rings. The predicted octanol–water partition coefficient (Wildman–Crippen LogP) is 3.01. The summed E-state index contributed by atoms with van der Waals surface area (Å²) in [5, 5.41) is 3.43. The molecule has 0 saturated carbocycles. The van der Waals surface area contributed by atoms with Crippen molar-refractivity contribution in [1.29, 1.82) is 0 Å². The van der Waals surface area contributed by atoms with E-state index in [0.717, 1.165) is 43.3 Å². The smallest absolute Gasteiger partial charge is 0.172 e. The third kappa shape index (κ3) is 4.31. The van der Waals surface area contributed by atoms with Gasteiger partial charge in [0, 0.05) is 37.9 Å². The monoisotopic (exact) mass is 389 g/mol. The molecular formula is C19H24ClN5O2. The average molecular weight is 390 g/mol. The summed E-state index contributed by atoms with van der Waals surface area (Å²) in [4.78, 5) is 24.6. The van der Waals surface area contributed by atoms with E-state index in [4.69, 9.17) is 16.3 Å². The Morgan fingerprint density at radius 3 is 2.63 bits per heavy atom. The summed E-state index contributed by atoms with van der Waals surface area (Å²) in [6, 6.07) is 5.85. The number of carbonyl (C=O) groups is 1. The molecule has 0 atom stereocenters. The minimum Gasteiger partial charge on any atom is -0.495 e. The van der Waals surface area contributed by atoms with Crippen molar-refractivity contribution in [3.63, 3.8) is 0 Å². The molecule has 1 aromatic heterocycles. The molecule has 1 fully saturated rings. The first-order chi connectivity index (χ1) is 13.0. The van der Waals surface area contributed by atoms with Gasteiger partial charge < -0.3 is 19.9 Å². The highest BCUT2D eigenvalue weighted by Crippen LogP contribution is 2.33. The number of carbonyl (C=O) groups excluding carboxylic acids is 1. The Morgan fingerprint density at radius 2 is 2.00 bits per heavy atom. The fourth-order valence-electron chi connectivity index (χ4n) is 3.06. The molecule has 144 valence electrons. The van der Waals surface area contributed by atoms with Crippen LogP contribution in [-0.2, 0) is 6.42 Å². The third-order valence-electron chi connectivity index (χ3n) is 4.68. The molecule has 27 heavy (non-hydrogen) atoms. The van der Waals surface area contributed by atoms with Crippen molar-refractivity contribution < 1.29 is 9.53 Å². The molecule has 0 aliphatic carbocycles. The van der Waals surface area contributed by atoms with Gasteiger partial charge in [0.25, 0.3) is 0 Å². The van der Waals surface area contributed by atoms with Gasteiger partial charge in [-0.15, -0.1) is 0 Å². The van der Waals surface area contributed by atoms with Gasteiger partial charge in [-0.3, -0.25) is 4.79 Å². The van der Waals surface area contributed by atoms with E-state index in [0.29, 0.717) is 29.4 Å². The number of aryl methyl sites for hydroxylation is 1. The van der Waals surface area contributed by atoms with Gasteiger partial charge in [0.2, 0.25) is 0 Å². The second kappa shape index (κ2) is 8.54. The van der Waals surface area contributed by atoms with Crippen LogP contribution in [0.3, 0.4) is 0 Å². The van der Waals surface area contributed by atoms with Gasteiger partial charge in [-0.25, -0.2) is 9.97 Å². The van der Waals surface area contributed by atoms with Crippen molar-refractivity contribution in [3.05, 3.63) is 34.7 Å². The van der Waals surface area contributed by atoms with Crippen molar-refractivity contribution in [2.24, 2.45) is 0 Å². The highest BCUT2D eigenvalue weighted by molar-refractivity contribution is 6.30. The lowest BCUT2D eigenvalue weighted by Gasteiger charge is -2.34. The maximum absolute atomic E-state index is 11.4. The summed E-state index contributed by atoms with van der Waals surface area (Å²) in [7, 11) is 3.78. The van der Waals surface area contributed by atoms with Crippen LogP contribution >= 0.6 is 11.6 Å². The number of aromatic nitrogens is 2. The molecule has 0 amide bonds. The molecule has 8 heteroatoms. The van der Waals surface area contributed by atoms with Crippen LogP contribution in [-0.4, -0.2) is 61.5 Å². The Labute approximate surface area is 164 Å². The number of benzene rings is 1. The quantitative estimate of drug-likeness (QED) is 0.761. The van der Waals surface area contributed by atoms with E-state index in [-0.39, 0.29) is 5.69 Å². The fraction of sp³-hybridized carbons (Fsp3) is 0.421. The largest absolute Gasteiger partial charge is 0.495 e. The number of halogens is 1. The van der Waals surface area contributed by atoms with Crippen LogP contribution in [0.25, 0.3) is 0 Å². The van der Waals surface area contributed by atoms with Gasteiger partial charge in [0.1, 0.15) is 11.4 Å². The molecule has 1 N–H and O–H groups in total. The minimum absolute atomic E-state index is 0.235. The molecule has 0 bridgehead atoms. The summed E-state index contributed by atoms with van der Waals surface area (Å²) in [6.45, 7) is 5.86. The summed E-state index contributed by atoms with van der Waals surface area (Å²) < 4.78 is 5.59. The number of likely N-dealkylation sites (N-methyl/N-ethyl adjacent to an activating group) is 1. The number of rotatable bonds is 6. The molecule has 3 rings (SSSR count). The highest BCUT2D eigenvalue weighted by atomic mass is 35.5. The minimum atomic E-state index is 0.235. The number of anilines is 3. The van der Waals surface area contributed by atoms with Gasteiger partial charge in [-0.05, 0) is 25.6 Å². The molecular weight excluding hydrogens is 366 g/mol. The van der Waals surface area contributed by atoms with Crippen LogP contribution in [0.5, 0.6) is 5.75 Å². The number of hydrogen-bond donors (Lipinski definition) is 1. The highest BCUT2D eigenvalue weighted by Gasteiger charge is 2.18. The van der Waals surface area contributed by atoms with Crippen LogP contribution in [0.2, 0.25) is 5.15 Å². The van der Waals surface area contributed by atoms with Crippen LogP contribution in [0.15, 0.2) is 18.2 Å². The Morgan fingerprint density at radius 1 is 1.26 bits per heavy atom. The van der Waals surface area contributed by atoms with Gasteiger partial charge in [-0.1, -0.05) is 18.5 Å². The van der Waals surface area contributed by atoms with E-state index in [1.54, 1.807) is 7.11 Å². The molecule has 1 aliphatic heterocycles. The number of ether oxygens (including phenoxy) is 1. The number of nitrogens with one attached hydrogen (secondary N) is 1. The summed E-state index contributed by atoms with van der Waals surface area (Å²) in [5.74, 6) is 1.10. The zero-order valence-electron chi connectivity index (χ0n) is 15.8. The molecule has 7 nitrogen and oxygen atoms in total. The average Bonchev–Trinajstić information content (AvgIpc) is 2.69. The number of aldehydes is 1. The predicted molar refractivity (Wildman–Crippen MR) is 108 cm³/mol. The topological polar surface area (TPSA) is 70.6 Å². The van der Waals surface area contributed by atoms with Crippen molar-refractivity contribution in [2.45, 2.75) is 13.3 Å². The second-order valence-corrected chi connectivity index (χ2v) is 6.83.